The second kappa shape index (κ2) is 11.5. The molecule has 4 rings (SSSR count). The molecular formula is C22H27N5O3S. The number of hydrogen-bond acceptors (Lipinski definition) is 7. The number of fused-ring (bicyclic) bond motifs is 1. The van der Waals surface area contributed by atoms with Gasteiger partial charge in [0, 0.05) is 36.4 Å². The average molecular weight is 442 g/mol. The molecule has 3 aromatic rings. The van der Waals surface area contributed by atoms with Gasteiger partial charge in [-0.2, -0.15) is 0 Å². The number of hydrogen-bond donors (Lipinski definition) is 2. The Morgan fingerprint density at radius 1 is 1.26 bits per heavy atom. The molecule has 9 heteroatoms. The van der Waals surface area contributed by atoms with Gasteiger partial charge in [-0.05, 0) is 56.5 Å². The second-order valence-electron chi connectivity index (χ2n) is 7.38. The third-order valence-corrected chi connectivity index (χ3v) is 6.32. The van der Waals surface area contributed by atoms with Crippen LogP contribution in [0.1, 0.15) is 40.8 Å². The van der Waals surface area contributed by atoms with E-state index in [1.165, 1.54) is 10.7 Å². The molecule has 0 saturated carbocycles. The molecule has 0 spiro atoms. The fourth-order valence-corrected chi connectivity index (χ4v) is 4.34. The normalized spacial score (nSPS) is 14.6. The highest BCUT2D eigenvalue weighted by molar-refractivity contribution is 7.09. The predicted octanol–water partition coefficient (Wildman–Crippen LogP) is 2.99. The summed E-state index contributed by atoms with van der Waals surface area (Å²) in [6.45, 7) is 5.68. The molecule has 8 nitrogen and oxygen atoms in total. The van der Waals surface area contributed by atoms with Gasteiger partial charge in [-0.3, -0.25) is 24.5 Å². The summed E-state index contributed by atoms with van der Waals surface area (Å²) in [4.78, 5) is 36.5. The lowest BCUT2D eigenvalue weighted by molar-refractivity contribution is -0.122. The zero-order chi connectivity index (χ0) is 22.1. The summed E-state index contributed by atoms with van der Waals surface area (Å²) in [5.41, 5.74) is 3.38. The molecule has 164 valence electrons. The maximum absolute atomic E-state index is 12.5. The maximum atomic E-state index is 12.5. The Morgan fingerprint density at radius 2 is 1.97 bits per heavy atom. The van der Waals surface area contributed by atoms with Gasteiger partial charge in [0.15, 0.2) is 0 Å². The van der Waals surface area contributed by atoms with Crippen molar-refractivity contribution in [2.75, 3.05) is 19.6 Å². The van der Waals surface area contributed by atoms with Crippen molar-refractivity contribution in [2.45, 2.75) is 32.7 Å². The third-order valence-electron chi connectivity index (χ3n) is 5.28. The van der Waals surface area contributed by atoms with Gasteiger partial charge in [-0.15, -0.1) is 11.3 Å². The van der Waals surface area contributed by atoms with E-state index in [9.17, 15) is 4.79 Å². The highest BCUT2D eigenvalue weighted by Gasteiger charge is 2.20. The number of carbonyl (C=O) groups excluding carboxylic acids is 1. The fraction of sp³-hybridized carbons (Fsp3) is 0.409. The van der Waals surface area contributed by atoms with Gasteiger partial charge >= 0.3 is 0 Å². The van der Waals surface area contributed by atoms with E-state index in [1.807, 2.05) is 12.1 Å². The van der Waals surface area contributed by atoms with Crippen LogP contribution in [0.4, 0.5) is 0 Å². The third kappa shape index (κ3) is 6.53. The van der Waals surface area contributed by atoms with Gasteiger partial charge in [0.25, 0.3) is 12.4 Å². The maximum Gasteiger partial charge on any atom is 0.290 e. The second-order valence-corrected chi connectivity index (χ2v) is 8.32. The van der Waals surface area contributed by atoms with E-state index in [0.29, 0.717) is 11.5 Å². The van der Waals surface area contributed by atoms with Crippen LogP contribution in [0.3, 0.4) is 0 Å². The van der Waals surface area contributed by atoms with Crippen molar-refractivity contribution in [2.24, 2.45) is 5.92 Å². The molecule has 1 aromatic carbocycles. The molecule has 0 radical (unpaired) electrons. The van der Waals surface area contributed by atoms with Crippen LogP contribution in [0.5, 0.6) is 0 Å². The number of nitrogens with one attached hydrogen (secondary N) is 1. The lowest BCUT2D eigenvalue weighted by Gasteiger charge is -2.31. The Balaban J connectivity index is 0.000000858. The molecule has 3 heterocycles. The first-order chi connectivity index (χ1) is 15.1. The molecule has 2 aromatic heterocycles. The number of amides is 1. The van der Waals surface area contributed by atoms with Gasteiger partial charge in [0.1, 0.15) is 0 Å². The monoisotopic (exact) mass is 441 g/mol. The molecule has 1 fully saturated rings. The Bertz CT molecular complexity index is 1000. The fourth-order valence-electron chi connectivity index (χ4n) is 3.61. The standard InChI is InChI=1S/C21H25N5OS.CH2O2/c1-2-20-25-17(14-28-20)13-26-9-5-15(6-10-26)12-24-21(27)16-3-4-18-19(11-16)23-8-7-22-18;2-1-3/h3-4,7-8,11,14-15H,2,5-6,9-10,12-13H2,1H3,(H,24,27);1H,(H,2,3). The Kier molecular flexibility index (Phi) is 8.43. The number of benzene rings is 1. The molecule has 0 bridgehead atoms. The molecular weight excluding hydrogens is 414 g/mol. The van der Waals surface area contributed by atoms with Crippen LogP contribution in [-0.4, -0.2) is 57.0 Å². The minimum atomic E-state index is -0.250. The van der Waals surface area contributed by atoms with Crippen molar-refractivity contribution in [3.05, 3.63) is 52.2 Å². The van der Waals surface area contributed by atoms with E-state index in [0.717, 1.165) is 56.5 Å². The topological polar surface area (TPSA) is 108 Å². The molecule has 0 unspecified atom stereocenters. The SMILES string of the molecule is CCc1nc(CN2CCC(CNC(=O)c3ccc4nccnc4c3)CC2)cs1.O=CO. The Labute approximate surface area is 185 Å². The van der Waals surface area contributed by atoms with Gasteiger partial charge in [0.05, 0.1) is 21.7 Å². The lowest BCUT2D eigenvalue weighted by Crippen LogP contribution is -2.38. The molecule has 1 saturated heterocycles. The summed E-state index contributed by atoms with van der Waals surface area (Å²) in [7, 11) is 0. The molecule has 2 N–H and O–H groups in total. The quantitative estimate of drug-likeness (QED) is 0.566. The van der Waals surface area contributed by atoms with Crippen LogP contribution < -0.4 is 5.32 Å². The smallest absolute Gasteiger partial charge is 0.290 e. The zero-order valence-electron chi connectivity index (χ0n) is 17.5. The zero-order valence-corrected chi connectivity index (χ0v) is 18.3. The van der Waals surface area contributed by atoms with Crippen LogP contribution in [0.15, 0.2) is 36.0 Å². The molecule has 1 amide bonds. The van der Waals surface area contributed by atoms with E-state index in [4.69, 9.17) is 9.90 Å². The Hall–Kier alpha value is -2.91. The highest BCUT2D eigenvalue weighted by atomic mass is 32.1. The number of aromatic nitrogens is 3. The Morgan fingerprint density at radius 3 is 2.65 bits per heavy atom. The number of thiazole rings is 1. The predicted molar refractivity (Wildman–Crippen MR) is 120 cm³/mol. The van der Waals surface area contributed by atoms with Crippen molar-refractivity contribution in [1.82, 2.24) is 25.2 Å². The summed E-state index contributed by atoms with van der Waals surface area (Å²) >= 11 is 1.75. The van der Waals surface area contributed by atoms with Crippen molar-refractivity contribution in [3.8, 4) is 0 Å². The number of likely N-dealkylation sites (tertiary alicyclic amines) is 1. The molecule has 0 atom stereocenters. The first-order valence-corrected chi connectivity index (χ1v) is 11.2. The van der Waals surface area contributed by atoms with Crippen LogP contribution in [0.25, 0.3) is 11.0 Å². The minimum Gasteiger partial charge on any atom is -0.483 e. The van der Waals surface area contributed by atoms with Gasteiger partial charge in [0.2, 0.25) is 0 Å². The van der Waals surface area contributed by atoms with Crippen LogP contribution in [0.2, 0.25) is 0 Å². The van der Waals surface area contributed by atoms with Crippen molar-refractivity contribution in [3.63, 3.8) is 0 Å². The van der Waals surface area contributed by atoms with Crippen molar-refractivity contribution < 1.29 is 14.7 Å². The molecule has 31 heavy (non-hydrogen) atoms. The number of rotatable bonds is 6. The minimum absolute atomic E-state index is 0.0375. The number of aryl methyl sites for hydroxylation is 1. The van der Waals surface area contributed by atoms with Crippen LogP contribution in [-0.2, 0) is 17.8 Å². The number of piperidine rings is 1. The lowest BCUT2D eigenvalue weighted by atomic mass is 9.96. The molecule has 1 aliphatic heterocycles. The van der Waals surface area contributed by atoms with E-state index < -0.39 is 0 Å². The van der Waals surface area contributed by atoms with Gasteiger partial charge in [-0.25, -0.2) is 4.98 Å². The van der Waals surface area contributed by atoms with Crippen LogP contribution >= 0.6 is 11.3 Å². The largest absolute Gasteiger partial charge is 0.483 e. The van der Waals surface area contributed by atoms with Gasteiger partial charge in [-0.1, -0.05) is 6.92 Å². The number of carboxylic acid groups (broad SMARTS) is 1. The summed E-state index contributed by atoms with van der Waals surface area (Å²) in [5.74, 6) is 0.492. The van der Waals surface area contributed by atoms with E-state index in [-0.39, 0.29) is 12.4 Å². The van der Waals surface area contributed by atoms with Crippen molar-refractivity contribution in [1.29, 1.82) is 0 Å². The van der Waals surface area contributed by atoms with E-state index in [1.54, 1.807) is 29.8 Å². The first-order valence-electron chi connectivity index (χ1n) is 10.3. The average Bonchev–Trinajstić information content (AvgIpc) is 3.26. The summed E-state index contributed by atoms with van der Waals surface area (Å²) in [5, 5.41) is 13.4. The summed E-state index contributed by atoms with van der Waals surface area (Å²) < 4.78 is 0. The summed E-state index contributed by atoms with van der Waals surface area (Å²) in [6, 6.07) is 5.46. The summed E-state index contributed by atoms with van der Waals surface area (Å²) in [6.07, 6.45) is 6.52. The number of carbonyl (C=O) groups is 2. The molecule has 0 aliphatic carbocycles. The highest BCUT2D eigenvalue weighted by Crippen LogP contribution is 2.20. The van der Waals surface area contributed by atoms with Gasteiger partial charge < -0.3 is 10.4 Å². The van der Waals surface area contributed by atoms with E-state index in [2.05, 4.69) is 37.5 Å². The van der Waals surface area contributed by atoms with E-state index >= 15 is 0 Å². The first kappa shape index (κ1) is 22.8. The number of nitrogens with zero attached hydrogens (tertiary/aromatic N) is 4. The molecule has 1 aliphatic rings. The van der Waals surface area contributed by atoms with Crippen molar-refractivity contribution >= 4 is 34.7 Å². The van der Waals surface area contributed by atoms with Crippen LogP contribution in [0, 0.1) is 5.92 Å².